The zero-order valence-electron chi connectivity index (χ0n) is 24.2. The summed E-state index contributed by atoms with van der Waals surface area (Å²) < 4.78 is 10.4. The highest BCUT2D eigenvalue weighted by molar-refractivity contribution is 5.92. The van der Waals surface area contributed by atoms with Crippen LogP contribution < -0.4 is 10.6 Å². The number of rotatable bonds is 9. The van der Waals surface area contributed by atoms with Gasteiger partial charge in [-0.25, -0.2) is 9.59 Å². The smallest absolute Gasteiger partial charge is 0.407 e. The molecule has 8 heteroatoms. The molecule has 0 saturated heterocycles. The zero-order valence-corrected chi connectivity index (χ0v) is 24.2. The minimum atomic E-state index is -0.448. The fraction of sp³-hybridized carbons (Fsp3) is 0.344. The zero-order chi connectivity index (χ0) is 29.7. The third-order valence-corrected chi connectivity index (χ3v) is 5.26. The maximum Gasteiger partial charge on any atom is 0.407 e. The largest absolute Gasteiger partial charge is 0.508 e. The molecule has 8 nitrogen and oxygen atoms in total. The molecule has 1 unspecified atom stereocenters. The van der Waals surface area contributed by atoms with Crippen molar-refractivity contribution in [3.63, 3.8) is 0 Å². The Bertz CT molecular complexity index is 1250. The summed E-state index contributed by atoms with van der Waals surface area (Å²) in [5.74, 6) is 0.0211. The van der Waals surface area contributed by atoms with Gasteiger partial charge in [-0.05, 0) is 82.0 Å². The molecule has 0 bridgehead atoms. The third-order valence-electron chi connectivity index (χ3n) is 5.26. The quantitative estimate of drug-likeness (QED) is 0.129. The number of ether oxygens (including phenoxy) is 2. The lowest BCUT2D eigenvalue weighted by Gasteiger charge is -2.22. The van der Waals surface area contributed by atoms with Crippen molar-refractivity contribution in [2.24, 2.45) is 5.92 Å². The van der Waals surface area contributed by atoms with E-state index in [-0.39, 0.29) is 29.8 Å². The SMILES string of the molecule is CC(C)COC(=O)c1cccc(Nc2ccc(O)cc2C=N)c1.CC(Cc1ccccc1)NC(=O)OC(C)(C)C. The molecule has 4 N–H and O–H groups in total. The number of carbonyl (C=O) groups excluding carboxylic acids is 2. The number of amides is 1. The summed E-state index contributed by atoms with van der Waals surface area (Å²) in [7, 11) is 0. The summed E-state index contributed by atoms with van der Waals surface area (Å²) in [6.07, 6.45) is 1.60. The van der Waals surface area contributed by atoms with Crippen molar-refractivity contribution in [3.05, 3.63) is 89.5 Å². The van der Waals surface area contributed by atoms with Crippen LogP contribution in [0.3, 0.4) is 0 Å². The Labute approximate surface area is 237 Å². The molecule has 0 spiro atoms. The summed E-state index contributed by atoms with van der Waals surface area (Å²) >= 11 is 0. The Morgan fingerprint density at radius 2 is 1.68 bits per heavy atom. The average Bonchev–Trinajstić information content (AvgIpc) is 2.88. The Hall–Kier alpha value is -4.33. The standard InChI is InChI=1S/C18H20N2O3.C14H21NO2/c1-12(2)11-23-18(22)13-4-3-5-15(8-13)20-17-7-6-16(21)9-14(17)10-19;1-11(10-12-8-6-5-7-9-12)15-13(16)17-14(2,3)4/h3-10,12,19-21H,11H2,1-2H3;5-9,11H,10H2,1-4H3,(H,15,16). The first kappa shape index (κ1) is 31.9. The molecule has 0 radical (unpaired) electrons. The minimum Gasteiger partial charge on any atom is -0.508 e. The first-order chi connectivity index (χ1) is 18.9. The van der Waals surface area contributed by atoms with E-state index in [9.17, 15) is 14.7 Å². The molecule has 40 heavy (non-hydrogen) atoms. The Kier molecular flexibility index (Phi) is 12.2. The van der Waals surface area contributed by atoms with Crippen LogP contribution in [-0.4, -0.2) is 41.6 Å². The van der Waals surface area contributed by atoms with Gasteiger partial charge in [0.25, 0.3) is 0 Å². The van der Waals surface area contributed by atoms with E-state index in [0.717, 1.165) is 12.6 Å². The van der Waals surface area contributed by atoms with Crippen LogP contribution in [0.25, 0.3) is 0 Å². The highest BCUT2D eigenvalue weighted by Gasteiger charge is 2.17. The van der Waals surface area contributed by atoms with Crippen LogP contribution in [0.5, 0.6) is 5.75 Å². The maximum atomic E-state index is 12.0. The number of phenols is 1. The monoisotopic (exact) mass is 547 g/mol. The van der Waals surface area contributed by atoms with Crippen LogP contribution in [0.15, 0.2) is 72.8 Å². The number of aromatic hydroxyl groups is 1. The van der Waals surface area contributed by atoms with E-state index >= 15 is 0 Å². The van der Waals surface area contributed by atoms with Gasteiger partial charge in [0, 0.05) is 29.2 Å². The van der Waals surface area contributed by atoms with E-state index in [0.29, 0.717) is 29.1 Å². The number of anilines is 2. The van der Waals surface area contributed by atoms with Crippen LogP contribution in [0, 0.1) is 11.3 Å². The van der Waals surface area contributed by atoms with Gasteiger partial charge in [-0.2, -0.15) is 0 Å². The number of esters is 1. The molecular formula is C32H41N3O5. The molecular weight excluding hydrogens is 506 g/mol. The molecule has 0 fully saturated rings. The van der Waals surface area contributed by atoms with Crippen molar-refractivity contribution < 1.29 is 24.2 Å². The van der Waals surface area contributed by atoms with Gasteiger partial charge >= 0.3 is 12.1 Å². The lowest BCUT2D eigenvalue weighted by molar-refractivity contribution is 0.0457. The second kappa shape index (κ2) is 15.3. The molecule has 0 saturated carbocycles. The van der Waals surface area contributed by atoms with E-state index in [1.807, 2.05) is 77.9 Å². The van der Waals surface area contributed by atoms with Crippen molar-refractivity contribution in [2.75, 3.05) is 11.9 Å². The molecule has 3 aromatic rings. The van der Waals surface area contributed by atoms with Crippen molar-refractivity contribution in [3.8, 4) is 5.75 Å². The van der Waals surface area contributed by atoms with Gasteiger partial charge in [0.15, 0.2) is 0 Å². The van der Waals surface area contributed by atoms with Gasteiger partial charge in [0.1, 0.15) is 11.4 Å². The second-order valence-corrected chi connectivity index (χ2v) is 10.9. The van der Waals surface area contributed by atoms with Crippen LogP contribution in [0.2, 0.25) is 0 Å². The fourth-order valence-corrected chi connectivity index (χ4v) is 3.52. The summed E-state index contributed by atoms with van der Waals surface area (Å²) in [6, 6.07) is 21.8. The van der Waals surface area contributed by atoms with Crippen molar-refractivity contribution in [1.29, 1.82) is 5.41 Å². The third kappa shape index (κ3) is 12.0. The first-order valence-electron chi connectivity index (χ1n) is 13.3. The normalized spacial score (nSPS) is 11.5. The van der Waals surface area contributed by atoms with Gasteiger partial charge in [0.2, 0.25) is 0 Å². The predicted octanol–water partition coefficient (Wildman–Crippen LogP) is 7.09. The predicted molar refractivity (Wildman–Crippen MR) is 160 cm³/mol. The highest BCUT2D eigenvalue weighted by atomic mass is 16.6. The topological polar surface area (TPSA) is 121 Å². The molecule has 1 atom stereocenters. The van der Waals surface area contributed by atoms with Crippen molar-refractivity contribution in [2.45, 2.75) is 59.6 Å². The lowest BCUT2D eigenvalue weighted by atomic mass is 10.1. The Morgan fingerprint density at radius 1 is 0.975 bits per heavy atom. The number of hydrogen-bond donors (Lipinski definition) is 4. The summed E-state index contributed by atoms with van der Waals surface area (Å²) in [5, 5.41) is 22.8. The van der Waals surface area contributed by atoms with Gasteiger partial charge in [-0.1, -0.05) is 50.2 Å². The maximum absolute atomic E-state index is 12.0. The van der Waals surface area contributed by atoms with E-state index in [4.69, 9.17) is 14.9 Å². The van der Waals surface area contributed by atoms with Crippen LogP contribution >= 0.6 is 0 Å². The number of hydrogen-bond acceptors (Lipinski definition) is 7. The molecule has 0 aliphatic heterocycles. The van der Waals surface area contributed by atoms with E-state index in [2.05, 4.69) is 10.6 Å². The molecule has 0 aliphatic carbocycles. The molecule has 1 amide bonds. The van der Waals surface area contributed by atoms with Gasteiger partial charge in [0.05, 0.1) is 12.2 Å². The van der Waals surface area contributed by atoms with Gasteiger partial charge < -0.3 is 30.6 Å². The number of benzene rings is 3. The minimum absolute atomic E-state index is 0.0623. The summed E-state index contributed by atoms with van der Waals surface area (Å²) in [6.45, 7) is 11.9. The number of nitrogens with one attached hydrogen (secondary N) is 3. The van der Waals surface area contributed by atoms with Gasteiger partial charge in [-0.3, -0.25) is 0 Å². The molecule has 214 valence electrons. The van der Waals surface area contributed by atoms with Gasteiger partial charge in [-0.15, -0.1) is 0 Å². The molecule has 3 rings (SSSR count). The lowest BCUT2D eigenvalue weighted by Crippen LogP contribution is -2.38. The molecule has 0 aliphatic rings. The summed E-state index contributed by atoms with van der Waals surface area (Å²) in [5.41, 5.74) is 3.15. The molecule has 0 aromatic heterocycles. The van der Waals surface area contributed by atoms with Crippen molar-refractivity contribution >= 4 is 29.7 Å². The first-order valence-corrected chi connectivity index (χ1v) is 13.3. The average molecular weight is 548 g/mol. The van der Waals surface area contributed by atoms with E-state index < -0.39 is 5.60 Å². The van der Waals surface area contributed by atoms with Crippen LogP contribution in [0.4, 0.5) is 16.2 Å². The summed E-state index contributed by atoms with van der Waals surface area (Å²) in [4.78, 5) is 23.5. The Morgan fingerprint density at radius 3 is 2.30 bits per heavy atom. The highest BCUT2D eigenvalue weighted by Crippen LogP contribution is 2.24. The number of carbonyl (C=O) groups is 2. The molecule has 0 heterocycles. The van der Waals surface area contributed by atoms with Crippen LogP contribution in [-0.2, 0) is 15.9 Å². The van der Waals surface area contributed by atoms with E-state index in [1.54, 1.807) is 24.3 Å². The van der Waals surface area contributed by atoms with E-state index in [1.165, 1.54) is 17.7 Å². The number of alkyl carbamates (subject to hydrolysis) is 1. The van der Waals surface area contributed by atoms with Crippen molar-refractivity contribution in [1.82, 2.24) is 5.32 Å². The molecule has 3 aromatic carbocycles. The Balaban J connectivity index is 0.000000294. The number of phenolic OH excluding ortho intramolecular Hbond substituents is 1. The fourth-order valence-electron chi connectivity index (χ4n) is 3.52. The second-order valence-electron chi connectivity index (χ2n) is 10.9. The van der Waals surface area contributed by atoms with Crippen LogP contribution in [0.1, 0.15) is 63.0 Å².